The number of hydrogen-bond donors (Lipinski definition) is 2. The Morgan fingerprint density at radius 3 is 2.47 bits per heavy atom. The lowest BCUT2D eigenvalue weighted by Crippen LogP contribution is -2.41. The van der Waals surface area contributed by atoms with Crippen LogP contribution in [0.3, 0.4) is 0 Å². The van der Waals surface area contributed by atoms with Gasteiger partial charge < -0.3 is 10.7 Å². The molecule has 0 spiro atoms. The lowest BCUT2D eigenvalue weighted by atomic mass is 10.0. The largest absolute Gasteiger partial charge is 0.325 e. The Kier molecular flexibility index (Phi) is 5.59. The fourth-order valence-corrected chi connectivity index (χ4v) is 4.88. The Balaban J connectivity index is 1.50. The molecule has 0 fully saturated rings. The molecule has 1 aromatic heterocycles. The summed E-state index contributed by atoms with van der Waals surface area (Å²) < 4.78 is 1.87. The lowest BCUT2D eigenvalue weighted by molar-refractivity contribution is -0.116. The van der Waals surface area contributed by atoms with Crippen molar-refractivity contribution in [2.75, 3.05) is 10.7 Å². The normalized spacial score (nSPS) is 17.3. The molecule has 1 amide bonds. The van der Waals surface area contributed by atoms with Crippen molar-refractivity contribution >= 4 is 35.0 Å². The quantitative estimate of drug-likeness (QED) is 0.431. The van der Waals surface area contributed by atoms with Gasteiger partial charge >= 0.3 is 0 Å². The highest BCUT2D eigenvalue weighted by Crippen LogP contribution is 2.39. The van der Waals surface area contributed by atoms with E-state index in [1.807, 2.05) is 84.4 Å². The Morgan fingerprint density at radius 2 is 1.75 bits per heavy atom. The number of anilines is 1. The molecule has 1 aliphatic rings. The maximum atomic E-state index is 13.4. The van der Waals surface area contributed by atoms with Gasteiger partial charge in [-0.3, -0.25) is 4.79 Å². The molecule has 3 aromatic carbocycles. The summed E-state index contributed by atoms with van der Waals surface area (Å²) in [6, 6.07) is 25.0. The summed E-state index contributed by atoms with van der Waals surface area (Å²) in [5, 5.41) is 12.5. The predicted octanol–water partition coefficient (Wildman–Crippen LogP) is 5.30. The Bertz CT molecular complexity index is 1260. The minimum atomic E-state index is -0.460. The molecule has 160 valence electrons. The molecule has 2 N–H and O–H groups in total. The van der Waals surface area contributed by atoms with E-state index in [1.165, 1.54) is 11.8 Å². The fourth-order valence-electron chi connectivity index (χ4n) is 3.62. The smallest absolute Gasteiger partial charge is 0.240 e. The van der Waals surface area contributed by atoms with Crippen molar-refractivity contribution in [1.29, 1.82) is 0 Å². The molecule has 6 nitrogen and oxygen atoms in total. The van der Waals surface area contributed by atoms with E-state index in [9.17, 15) is 4.79 Å². The van der Waals surface area contributed by atoms with Crippen LogP contribution in [0.1, 0.15) is 17.2 Å². The topological polar surface area (TPSA) is 71.8 Å². The van der Waals surface area contributed by atoms with Crippen molar-refractivity contribution < 1.29 is 4.79 Å². The molecule has 5 rings (SSSR count). The van der Waals surface area contributed by atoms with E-state index in [-0.39, 0.29) is 11.9 Å². The molecule has 0 saturated heterocycles. The number of carbonyl (C=O) groups excluding carboxylic acids is 1. The fraction of sp³-hybridized carbons (Fsp3) is 0.125. The van der Waals surface area contributed by atoms with Crippen LogP contribution in [0.4, 0.5) is 5.69 Å². The number of hydrogen-bond acceptors (Lipinski definition) is 5. The van der Waals surface area contributed by atoms with Crippen molar-refractivity contribution in [1.82, 2.24) is 14.9 Å². The molecule has 0 saturated carbocycles. The average Bonchev–Trinajstić information content (AvgIpc) is 3.25. The maximum absolute atomic E-state index is 13.4. The number of nitrogens with zero attached hydrogens (tertiary/aromatic N) is 3. The van der Waals surface area contributed by atoms with Crippen LogP contribution in [0.25, 0.3) is 11.4 Å². The zero-order valence-corrected chi connectivity index (χ0v) is 18.8. The molecule has 0 bridgehead atoms. The molecule has 2 heterocycles. The lowest BCUT2D eigenvalue weighted by Gasteiger charge is -2.33. The van der Waals surface area contributed by atoms with Gasteiger partial charge in [0.1, 0.15) is 5.25 Å². The Hall–Kier alpha value is -3.29. The third-order valence-corrected chi connectivity index (χ3v) is 6.95. The zero-order valence-electron chi connectivity index (χ0n) is 17.2. The third-order valence-electron chi connectivity index (χ3n) is 5.33. The first kappa shape index (κ1) is 20.6. The summed E-state index contributed by atoms with van der Waals surface area (Å²) in [6.45, 7) is 1.93. The summed E-state index contributed by atoms with van der Waals surface area (Å²) in [7, 11) is 0. The average molecular weight is 462 g/mol. The van der Waals surface area contributed by atoms with Crippen LogP contribution in [0.2, 0.25) is 5.02 Å². The van der Waals surface area contributed by atoms with Gasteiger partial charge in [-0.15, -0.1) is 10.2 Å². The molecule has 1 aliphatic heterocycles. The van der Waals surface area contributed by atoms with E-state index in [4.69, 9.17) is 11.6 Å². The monoisotopic (exact) mass is 461 g/mol. The molecule has 8 heteroatoms. The van der Waals surface area contributed by atoms with E-state index in [0.29, 0.717) is 21.7 Å². The highest BCUT2D eigenvalue weighted by molar-refractivity contribution is 8.00. The molecule has 4 aromatic rings. The standard InChI is InChI=1S/C24H20ClN5OS/c1-15-12-13-18(14-19(15)25)26-23(31)21-20(16-8-4-2-5-9-16)29-30-22(27-28-24(30)32-21)17-10-6-3-7-11-17/h2-14,20-21,29H,1H3,(H,26,31)/t20-,21+/m0/s1. The summed E-state index contributed by atoms with van der Waals surface area (Å²) >= 11 is 7.64. The van der Waals surface area contributed by atoms with Gasteiger partial charge in [-0.25, -0.2) is 4.68 Å². The van der Waals surface area contributed by atoms with Crippen LogP contribution in [-0.4, -0.2) is 26.0 Å². The van der Waals surface area contributed by atoms with Gasteiger partial charge in [0.25, 0.3) is 0 Å². The van der Waals surface area contributed by atoms with Gasteiger partial charge in [0.2, 0.25) is 11.1 Å². The molecule has 0 radical (unpaired) electrons. The SMILES string of the molecule is Cc1ccc(NC(=O)[C@@H]2Sc3nnc(-c4ccccc4)n3N[C@H]2c2ccccc2)cc1Cl. The highest BCUT2D eigenvalue weighted by Gasteiger charge is 2.38. The summed E-state index contributed by atoms with van der Waals surface area (Å²) in [4.78, 5) is 13.4. The van der Waals surface area contributed by atoms with Gasteiger partial charge in [0, 0.05) is 16.3 Å². The molecular formula is C24H20ClN5OS. The molecule has 32 heavy (non-hydrogen) atoms. The number of halogens is 1. The second kappa shape index (κ2) is 8.68. The second-order valence-corrected chi connectivity index (χ2v) is 9.03. The Morgan fingerprint density at radius 1 is 1.03 bits per heavy atom. The van der Waals surface area contributed by atoms with Crippen molar-refractivity contribution in [3.63, 3.8) is 0 Å². The van der Waals surface area contributed by atoms with E-state index in [0.717, 1.165) is 16.7 Å². The van der Waals surface area contributed by atoms with Gasteiger partial charge in [0.15, 0.2) is 5.82 Å². The van der Waals surface area contributed by atoms with E-state index in [2.05, 4.69) is 20.9 Å². The number of aromatic nitrogens is 3. The van der Waals surface area contributed by atoms with Crippen molar-refractivity contribution in [2.45, 2.75) is 23.4 Å². The number of aryl methyl sites for hydroxylation is 1. The van der Waals surface area contributed by atoms with Crippen LogP contribution in [0, 0.1) is 6.92 Å². The van der Waals surface area contributed by atoms with Crippen LogP contribution in [0.5, 0.6) is 0 Å². The van der Waals surface area contributed by atoms with Crippen LogP contribution in [-0.2, 0) is 4.79 Å². The van der Waals surface area contributed by atoms with Crippen molar-refractivity contribution in [3.05, 3.63) is 95.0 Å². The number of fused-ring (bicyclic) bond motifs is 1. The Labute approximate surface area is 195 Å². The van der Waals surface area contributed by atoms with Crippen molar-refractivity contribution in [2.24, 2.45) is 0 Å². The number of thioether (sulfide) groups is 1. The van der Waals surface area contributed by atoms with Gasteiger partial charge in [-0.1, -0.05) is 90.1 Å². The van der Waals surface area contributed by atoms with Crippen LogP contribution in [0.15, 0.2) is 84.0 Å². The number of carbonyl (C=O) groups is 1. The zero-order chi connectivity index (χ0) is 22.1. The molecule has 0 aliphatic carbocycles. The van der Waals surface area contributed by atoms with Crippen LogP contribution < -0.4 is 10.7 Å². The number of nitrogens with one attached hydrogen (secondary N) is 2. The summed E-state index contributed by atoms with van der Waals surface area (Å²) in [5.74, 6) is 0.574. The number of benzene rings is 3. The predicted molar refractivity (Wildman–Crippen MR) is 128 cm³/mol. The number of amides is 1. The van der Waals surface area contributed by atoms with Gasteiger partial charge in [0.05, 0.1) is 6.04 Å². The first-order chi connectivity index (χ1) is 15.6. The summed E-state index contributed by atoms with van der Waals surface area (Å²) in [6.07, 6.45) is 0. The minimum absolute atomic E-state index is 0.133. The molecule has 2 atom stereocenters. The van der Waals surface area contributed by atoms with Gasteiger partial charge in [-0.2, -0.15) is 0 Å². The molecular weight excluding hydrogens is 442 g/mol. The molecule has 0 unspecified atom stereocenters. The van der Waals surface area contributed by atoms with Crippen molar-refractivity contribution in [3.8, 4) is 11.4 Å². The minimum Gasteiger partial charge on any atom is -0.325 e. The van der Waals surface area contributed by atoms with Gasteiger partial charge in [-0.05, 0) is 30.2 Å². The number of rotatable bonds is 4. The van der Waals surface area contributed by atoms with E-state index >= 15 is 0 Å². The first-order valence-corrected chi connectivity index (χ1v) is 11.4. The van der Waals surface area contributed by atoms with Crippen LogP contribution >= 0.6 is 23.4 Å². The second-order valence-electron chi connectivity index (χ2n) is 7.52. The maximum Gasteiger partial charge on any atom is 0.240 e. The van der Waals surface area contributed by atoms with E-state index < -0.39 is 5.25 Å². The highest BCUT2D eigenvalue weighted by atomic mass is 35.5. The van der Waals surface area contributed by atoms with E-state index in [1.54, 1.807) is 6.07 Å². The first-order valence-electron chi connectivity index (χ1n) is 10.2. The summed E-state index contributed by atoms with van der Waals surface area (Å²) in [5.41, 5.74) is 7.05. The third kappa shape index (κ3) is 3.97.